The van der Waals surface area contributed by atoms with E-state index in [0.29, 0.717) is 49.0 Å². The number of nitrogens with zero attached hydrogens (tertiary/aromatic N) is 4. The largest absolute Gasteiger partial charge is 0.435 e. The van der Waals surface area contributed by atoms with Crippen molar-refractivity contribution in [1.29, 1.82) is 0 Å². The first-order chi connectivity index (χ1) is 14.1. The first kappa shape index (κ1) is 22.6. The fourth-order valence-electron chi connectivity index (χ4n) is 3.52. The lowest BCUT2D eigenvalue weighted by molar-refractivity contribution is -0.141. The van der Waals surface area contributed by atoms with Crippen LogP contribution in [0.3, 0.4) is 0 Å². The Labute approximate surface area is 177 Å². The van der Waals surface area contributed by atoms with Gasteiger partial charge < -0.3 is 4.90 Å². The van der Waals surface area contributed by atoms with Gasteiger partial charge in [-0.3, -0.25) is 14.4 Å². The maximum Gasteiger partial charge on any atom is 0.435 e. The normalized spacial score (nSPS) is 16.7. The summed E-state index contributed by atoms with van der Waals surface area (Å²) in [7, 11) is 0. The van der Waals surface area contributed by atoms with Gasteiger partial charge in [0.05, 0.1) is 12.5 Å². The molecule has 1 aromatic carbocycles. The second-order valence-corrected chi connectivity index (χ2v) is 7.96. The van der Waals surface area contributed by atoms with E-state index in [-0.39, 0.29) is 18.3 Å². The van der Waals surface area contributed by atoms with E-state index in [9.17, 15) is 22.4 Å². The molecule has 1 aliphatic heterocycles. The summed E-state index contributed by atoms with van der Waals surface area (Å²) in [5.74, 6) is -1.01. The predicted molar refractivity (Wildman–Crippen MR) is 104 cm³/mol. The van der Waals surface area contributed by atoms with E-state index in [1.807, 2.05) is 4.90 Å². The smallest absolute Gasteiger partial charge is 0.340 e. The third kappa shape index (κ3) is 5.13. The summed E-state index contributed by atoms with van der Waals surface area (Å²) in [6.07, 6.45) is -4.51. The fourth-order valence-corrected chi connectivity index (χ4v) is 3.74. The molecule has 1 amide bonds. The molecule has 0 N–H and O–H groups in total. The van der Waals surface area contributed by atoms with Crippen LogP contribution in [0.1, 0.15) is 23.9 Å². The molecule has 0 spiro atoms. The first-order valence-electron chi connectivity index (χ1n) is 9.62. The molecule has 1 aliphatic rings. The maximum absolute atomic E-state index is 14.0. The number of carbonyl (C=O) groups excluding carboxylic acids is 1. The number of aromatic nitrogens is 2. The molecule has 1 fully saturated rings. The zero-order valence-corrected chi connectivity index (χ0v) is 17.5. The highest BCUT2D eigenvalue weighted by Crippen LogP contribution is 2.28. The van der Waals surface area contributed by atoms with E-state index in [4.69, 9.17) is 11.6 Å². The van der Waals surface area contributed by atoms with Crippen molar-refractivity contribution in [2.75, 3.05) is 26.2 Å². The van der Waals surface area contributed by atoms with Gasteiger partial charge in [-0.05, 0) is 25.1 Å². The first-order valence-corrected chi connectivity index (χ1v) is 9.99. The van der Waals surface area contributed by atoms with Gasteiger partial charge in [0, 0.05) is 49.0 Å². The number of aryl methyl sites for hydroxylation is 1. The molecule has 0 radical (unpaired) electrons. The number of alkyl halides is 3. The number of piperazine rings is 1. The molecule has 0 saturated carbocycles. The number of halogens is 5. The van der Waals surface area contributed by atoms with Crippen LogP contribution in [-0.4, -0.2) is 51.7 Å². The lowest BCUT2D eigenvalue weighted by atomic mass is 10.1. The number of amides is 1. The summed E-state index contributed by atoms with van der Waals surface area (Å²) < 4.78 is 53.7. The van der Waals surface area contributed by atoms with Gasteiger partial charge in [-0.1, -0.05) is 24.6 Å². The average Bonchev–Trinajstić information content (AvgIpc) is 3.05. The monoisotopic (exact) mass is 446 g/mol. The van der Waals surface area contributed by atoms with Crippen LogP contribution in [0.15, 0.2) is 24.3 Å². The number of benzene rings is 1. The van der Waals surface area contributed by atoms with Gasteiger partial charge in [0.15, 0.2) is 5.69 Å². The third-order valence-corrected chi connectivity index (χ3v) is 5.62. The molecule has 1 unspecified atom stereocenters. The number of rotatable bonds is 5. The number of carbonyl (C=O) groups is 1. The van der Waals surface area contributed by atoms with Crippen LogP contribution in [-0.2, 0) is 24.1 Å². The van der Waals surface area contributed by atoms with E-state index in [1.54, 1.807) is 24.0 Å². The maximum atomic E-state index is 14.0. The minimum Gasteiger partial charge on any atom is -0.340 e. The topological polar surface area (TPSA) is 41.4 Å². The van der Waals surface area contributed by atoms with Crippen molar-refractivity contribution in [1.82, 2.24) is 19.6 Å². The van der Waals surface area contributed by atoms with Gasteiger partial charge in [-0.15, -0.1) is 0 Å². The quantitative estimate of drug-likeness (QED) is 0.652. The Morgan fingerprint density at radius 2 is 1.90 bits per heavy atom. The lowest BCUT2D eigenvalue weighted by Crippen LogP contribution is -2.50. The highest BCUT2D eigenvalue weighted by atomic mass is 35.5. The Kier molecular flexibility index (Phi) is 6.71. The molecule has 10 heteroatoms. The number of hydrogen-bond donors (Lipinski definition) is 0. The van der Waals surface area contributed by atoms with Crippen molar-refractivity contribution in [3.8, 4) is 0 Å². The Morgan fingerprint density at radius 1 is 1.23 bits per heavy atom. The zero-order valence-electron chi connectivity index (χ0n) is 16.7. The minimum absolute atomic E-state index is 0.0752. The van der Waals surface area contributed by atoms with Gasteiger partial charge in [-0.2, -0.15) is 18.3 Å². The van der Waals surface area contributed by atoms with Crippen molar-refractivity contribution in [2.45, 2.75) is 33.1 Å². The van der Waals surface area contributed by atoms with Crippen LogP contribution in [0.5, 0.6) is 0 Å². The number of hydrogen-bond acceptors (Lipinski definition) is 3. The molecule has 164 valence electrons. The molecule has 5 nitrogen and oxygen atoms in total. The van der Waals surface area contributed by atoms with Crippen molar-refractivity contribution in [2.24, 2.45) is 5.92 Å². The van der Waals surface area contributed by atoms with Gasteiger partial charge in [-0.25, -0.2) is 4.39 Å². The van der Waals surface area contributed by atoms with Crippen LogP contribution in [0.25, 0.3) is 0 Å². The Morgan fingerprint density at radius 3 is 2.47 bits per heavy atom. The molecular formula is C20H23ClF4N4O. The van der Waals surface area contributed by atoms with Crippen LogP contribution >= 0.6 is 11.6 Å². The average molecular weight is 447 g/mol. The lowest BCUT2D eigenvalue weighted by Gasteiger charge is -2.36. The van der Waals surface area contributed by atoms with Crippen LogP contribution in [0.4, 0.5) is 17.6 Å². The van der Waals surface area contributed by atoms with E-state index < -0.39 is 17.8 Å². The molecule has 2 aromatic rings. The molecule has 1 saturated heterocycles. The van der Waals surface area contributed by atoms with Crippen molar-refractivity contribution >= 4 is 17.5 Å². The Hall–Kier alpha value is -2.13. The SMILES string of the molecule is Cc1cc(C(F)(F)F)nn1CC(C)C(=O)N1CCN(Cc2c(F)cccc2Cl)CC1. The molecule has 2 heterocycles. The highest BCUT2D eigenvalue weighted by molar-refractivity contribution is 6.31. The van der Waals surface area contributed by atoms with E-state index >= 15 is 0 Å². The zero-order chi connectivity index (χ0) is 22.1. The molecular weight excluding hydrogens is 424 g/mol. The summed E-state index contributed by atoms with van der Waals surface area (Å²) in [5, 5.41) is 3.96. The van der Waals surface area contributed by atoms with Crippen LogP contribution in [0, 0.1) is 18.7 Å². The second kappa shape index (κ2) is 8.93. The minimum atomic E-state index is -4.51. The van der Waals surface area contributed by atoms with E-state index in [1.165, 1.54) is 17.7 Å². The van der Waals surface area contributed by atoms with E-state index in [0.717, 1.165) is 6.07 Å². The standard InChI is InChI=1S/C20H23ClF4N4O/c1-13(11-29-14(2)10-18(26-29)20(23,24)25)19(30)28-8-6-27(7-9-28)12-15-16(21)4-3-5-17(15)22/h3-5,10,13H,6-9,11-12H2,1-2H3. The summed E-state index contributed by atoms with van der Waals surface area (Å²) in [6, 6.07) is 5.54. The molecule has 30 heavy (non-hydrogen) atoms. The third-order valence-electron chi connectivity index (χ3n) is 5.27. The fraction of sp³-hybridized carbons (Fsp3) is 0.500. The molecule has 1 aromatic heterocycles. The summed E-state index contributed by atoms with van der Waals surface area (Å²) >= 11 is 6.08. The van der Waals surface area contributed by atoms with Crippen LogP contribution in [0.2, 0.25) is 5.02 Å². The van der Waals surface area contributed by atoms with Gasteiger partial charge >= 0.3 is 6.18 Å². The highest BCUT2D eigenvalue weighted by Gasteiger charge is 2.35. The molecule has 1 atom stereocenters. The Balaban J connectivity index is 1.55. The molecule has 0 bridgehead atoms. The molecule has 3 rings (SSSR count). The van der Waals surface area contributed by atoms with Crippen molar-refractivity contribution in [3.05, 3.63) is 52.1 Å². The second-order valence-electron chi connectivity index (χ2n) is 7.55. The van der Waals surface area contributed by atoms with E-state index in [2.05, 4.69) is 5.10 Å². The summed E-state index contributed by atoms with van der Waals surface area (Å²) in [6.45, 7) is 5.68. The van der Waals surface area contributed by atoms with Crippen molar-refractivity contribution in [3.63, 3.8) is 0 Å². The Bertz CT molecular complexity index is 886. The summed E-state index contributed by atoms with van der Waals surface area (Å²) in [4.78, 5) is 16.5. The summed E-state index contributed by atoms with van der Waals surface area (Å²) in [5.41, 5.74) is -0.171. The molecule has 0 aliphatic carbocycles. The predicted octanol–water partition coefficient (Wildman–Crippen LogP) is 3.98. The van der Waals surface area contributed by atoms with Gasteiger partial charge in [0.25, 0.3) is 0 Å². The van der Waals surface area contributed by atoms with Gasteiger partial charge in [0.1, 0.15) is 5.82 Å². The van der Waals surface area contributed by atoms with Gasteiger partial charge in [0.2, 0.25) is 5.91 Å². The van der Waals surface area contributed by atoms with Crippen LogP contribution < -0.4 is 0 Å². The van der Waals surface area contributed by atoms with Crippen molar-refractivity contribution < 1.29 is 22.4 Å².